The lowest BCUT2D eigenvalue weighted by molar-refractivity contribution is 0.0524. The van der Waals surface area contributed by atoms with Crippen molar-refractivity contribution in [2.24, 2.45) is 0 Å². The van der Waals surface area contributed by atoms with E-state index < -0.39 is 15.9 Å². The van der Waals surface area contributed by atoms with E-state index in [1.54, 1.807) is 31.4 Å². The first-order valence-electron chi connectivity index (χ1n) is 10.2. The minimum absolute atomic E-state index is 0.0416. The fourth-order valence-electron chi connectivity index (χ4n) is 3.69. The maximum atomic E-state index is 12.0. The summed E-state index contributed by atoms with van der Waals surface area (Å²) in [5.74, 6) is 1.47. The van der Waals surface area contributed by atoms with E-state index in [4.69, 9.17) is 9.47 Å². The third-order valence-corrected chi connectivity index (χ3v) is 7.15. The number of carbonyl (C=O) groups is 1. The van der Waals surface area contributed by atoms with Crippen LogP contribution in [0.4, 0.5) is 0 Å². The van der Waals surface area contributed by atoms with Crippen molar-refractivity contribution < 1.29 is 27.8 Å². The van der Waals surface area contributed by atoms with Gasteiger partial charge in [-0.05, 0) is 43.2 Å². The second-order valence-electron chi connectivity index (χ2n) is 7.88. The summed E-state index contributed by atoms with van der Waals surface area (Å²) in [6.07, 6.45) is -0.269. The number of rotatable bonds is 10. The molecule has 1 heterocycles. The van der Waals surface area contributed by atoms with Crippen molar-refractivity contribution in [3.8, 4) is 11.5 Å². The van der Waals surface area contributed by atoms with Crippen molar-refractivity contribution >= 4 is 15.6 Å². The molecule has 2 atom stereocenters. The molecule has 2 aromatic rings. The molecule has 8 heteroatoms. The number of carbonyl (C=O) groups excluding carboxylic acids is 1. The second-order valence-corrected chi connectivity index (χ2v) is 10.1. The molecule has 0 amide bonds. The van der Waals surface area contributed by atoms with Gasteiger partial charge in [0, 0.05) is 24.7 Å². The van der Waals surface area contributed by atoms with Crippen LogP contribution in [0.1, 0.15) is 29.3 Å². The van der Waals surface area contributed by atoms with Crippen molar-refractivity contribution in [2.75, 3.05) is 31.8 Å². The molecule has 2 aromatic carbocycles. The number of ketones is 1. The van der Waals surface area contributed by atoms with Crippen LogP contribution in [0.25, 0.3) is 0 Å². The number of benzene rings is 2. The van der Waals surface area contributed by atoms with E-state index in [2.05, 4.69) is 0 Å². The summed E-state index contributed by atoms with van der Waals surface area (Å²) < 4.78 is 34.9. The van der Waals surface area contributed by atoms with E-state index in [0.29, 0.717) is 24.3 Å². The lowest BCUT2D eigenvalue weighted by atomic mass is 10.1. The molecule has 0 bridgehead atoms. The quantitative estimate of drug-likeness (QED) is 0.559. The largest absolute Gasteiger partial charge is 0.497 e. The maximum absolute atomic E-state index is 12.0. The topological polar surface area (TPSA) is 93.1 Å². The number of hydrogen-bond donors (Lipinski definition) is 1. The Morgan fingerprint density at radius 2 is 1.94 bits per heavy atom. The lowest BCUT2D eigenvalue weighted by Gasteiger charge is -2.30. The van der Waals surface area contributed by atoms with Crippen LogP contribution in [0.2, 0.25) is 0 Å². The average Bonchev–Trinajstić information content (AvgIpc) is 3.12. The van der Waals surface area contributed by atoms with E-state index in [-0.39, 0.29) is 36.5 Å². The predicted molar refractivity (Wildman–Crippen MR) is 118 cm³/mol. The summed E-state index contributed by atoms with van der Waals surface area (Å²) in [4.78, 5) is 13.5. The Labute approximate surface area is 183 Å². The number of ether oxygens (including phenoxy) is 2. The zero-order valence-corrected chi connectivity index (χ0v) is 18.7. The highest BCUT2D eigenvalue weighted by Gasteiger charge is 2.33. The Balaban J connectivity index is 1.65. The van der Waals surface area contributed by atoms with E-state index >= 15 is 0 Å². The first-order chi connectivity index (χ1) is 14.8. The Hall–Kier alpha value is -2.42. The van der Waals surface area contributed by atoms with Crippen LogP contribution in [0.3, 0.4) is 0 Å². The number of sulfone groups is 1. The van der Waals surface area contributed by atoms with Gasteiger partial charge in [0.15, 0.2) is 15.6 Å². The Bertz CT molecular complexity index is 989. The third-order valence-electron chi connectivity index (χ3n) is 5.40. The van der Waals surface area contributed by atoms with Gasteiger partial charge in [-0.25, -0.2) is 8.42 Å². The fourth-order valence-corrected chi connectivity index (χ4v) is 5.45. The summed E-state index contributed by atoms with van der Waals surface area (Å²) in [6.45, 7) is 2.32. The number of methoxy groups -OCH3 is 1. The third kappa shape index (κ3) is 6.78. The Kier molecular flexibility index (Phi) is 7.69. The normalized spacial score (nSPS) is 18.6. The molecular formula is C23H29NO6S. The Morgan fingerprint density at radius 1 is 1.19 bits per heavy atom. The fraction of sp³-hybridized carbons (Fsp3) is 0.435. The van der Waals surface area contributed by atoms with Gasteiger partial charge in [0.1, 0.15) is 24.2 Å². The predicted octanol–water partition coefficient (Wildman–Crippen LogP) is 2.33. The summed E-state index contributed by atoms with van der Waals surface area (Å²) in [5.41, 5.74) is 1.55. The van der Waals surface area contributed by atoms with Crippen LogP contribution >= 0.6 is 0 Å². The zero-order chi connectivity index (χ0) is 22.4. The smallest absolute Gasteiger partial charge is 0.159 e. The first kappa shape index (κ1) is 23.2. The minimum Gasteiger partial charge on any atom is -0.497 e. The number of hydrogen-bond acceptors (Lipinski definition) is 7. The molecule has 0 spiro atoms. The molecule has 1 aliphatic rings. The van der Waals surface area contributed by atoms with Gasteiger partial charge in [-0.1, -0.05) is 24.3 Å². The number of Topliss-reactive ketones (excluding diaryl/α,β-unsaturated/α-hetero) is 1. The van der Waals surface area contributed by atoms with E-state index in [1.165, 1.54) is 6.92 Å². The molecule has 0 saturated carbocycles. The number of aliphatic hydroxyl groups is 1. The van der Waals surface area contributed by atoms with Crippen LogP contribution < -0.4 is 9.47 Å². The van der Waals surface area contributed by atoms with Crippen LogP contribution in [0.15, 0.2) is 48.5 Å². The Morgan fingerprint density at radius 3 is 2.55 bits per heavy atom. The van der Waals surface area contributed by atoms with Gasteiger partial charge < -0.3 is 14.6 Å². The van der Waals surface area contributed by atoms with Gasteiger partial charge in [-0.15, -0.1) is 0 Å². The number of nitrogens with zero attached hydrogens (tertiary/aromatic N) is 1. The average molecular weight is 448 g/mol. The minimum atomic E-state index is -3.05. The standard InChI is InChI=1S/C23H29NO6S/c1-17(25)19-4-3-5-23(12-19)30-15-21(26)14-24(20-10-11-31(27,28)16-20)13-18-6-8-22(29-2)9-7-18/h3-9,12,20-21,26H,10-11,13-16H2,1-2H3. The molecule has 1 saturated heterocycles. The maximum Gasteiger partial charge on any atom is 0.159 e. The zero-order valence-electron chi connectivity index (χ0n) is 17.9. The molecule has 0 aromatic heterocycles. The molecule has 0 aliphatic carbocycles. The highest BCUT2D eigenvalue weighted by atomic mass is 32.2. The molecule has 1 aliphatic heterocycles. The SMILES string of the molecule is COc1ccc(CN(CC(O)COc2cccc(C(C)=O)c2)C2CCS(=O)(=O)C2)cc1. The van der Waals surface area contributed by atoms with Gasteiger partial charge in [0.05, 0.1) is 18.6 Å². The molecule has 7 nitrogen and oxygen atoms in total. The highest BCUT2D eigenvalue weighted by molar-refractivity contribution is 7.91. The van der Waals surface area contributed by atoms with Crippen molar-refractivity contribution in [3.63, 3.8) is 0 Å². The summed E-state index contributed by atoms with van der Waals surface area (Å²) in [5, 5.41) is 10.6. The molecule has 0 radical (unpaired) electrons. The van der Waals surface area contributed by atoms with Crippen molar-refractivity contribution in [1.29, 1.82) is 0 Å². The van der Waals surface area contributed by atoms with Crippen LogP contribution in [0, 0.1) is 0 Å². The van der Waals surface area contributed by atoms with E-state index in [1.807, 2.05) is 29.2 Å². The van der Waals surface area contributed by atoms with Crippen LogP contribution in [0.5, 0.6) is 11.5 Å². The summed E-state index contributed by atoms with van der Waals surface area (Å²) >= 11 is 0. The first-order valence-corrected chi connectivity index (χ1v) is 12.1. The van der Waals surface area contributed by atoms with Crippen molar-refractivity contribution in [1.82, 2.24) is 4.90 Å². The van der Waals surface area contributed by atoms with Gasteiger partial charge in [-0.3, -0.25) is 9.69 Å². The lowest BCUT2D eigenvalue weighted by Crippen LogP contribution is -2.42. The second kappa shape index (κ2) is 10.3. The molecule has 3 rings (SSSR count). The molecule has 31 heavy (non-hydrogen) atoms. The van der Waals surface area contributed by atoms with Crippen molar-refractivity contribution in [3.05, 3.63) is 59.7 Å². The monoisotopic (exact) mass is 447 g/mol. The van der Waals surface area contributed by atoms with Gasteiger partial charge in [-0.2, -0.15) is 0 Å². The summed E-state index contributed by atoms with van der Waals surface area (Å²) in [6, 6.07) is 14.3. The van der Waals surface area contributed by atoms with Gasteiger partial charge in [0.2, 0.25) is 0 Å². The molecule has 1 fully saturated rings. The summed E-state index contributed by atoms with van der Waals surface area (Å²) in [7, 11) is -1.45. The van der Waals surface area contributed by atoms with E-state index in [9.17, 15) is 18.3 Å². The van der Waals surface area contributed by atoms with Crippen LogP contribution in [-0.2, 0) is 16.4 Å². The molecule has 1 N–H and O–H groups in total. The number of aliphatic hydroxyl groups excluding tert-OH is 1. The molecular weight excluding hydrogens is 418 g/mol. The molecule has 2 unspecified atom stereocenters. The van der Waals surface area contributed by atoms with Crippen molar-refractivity contribution in [2.45, 2.75) is 32.0 Å². The van der Waals surface area contributed by atoms with Crippen LogP contribution in [-0.4, -0.2) is 68.1 Å². The van der Waals surface area contributed by atoms with Gasteiger partial charge in [0.25, 0.3) is 0 Å². The molecule has 168 valence electrons. The van der Waals surface area contributed by atoms with E-state index in [0.717, 1.165) is 11.3 Å². The highest BCUT2D eigenvalue weighted by Crippen LogP contribution is 2.22. The van der Waals surface area contributed by atoms with Gasteiger partial charge >= 0.3 is 0 Å².